The molecule has 0 atom stereocenters. The highest BCUT2D eigenvalue weighted by molar-refractivity contribution is 6.30. The highest BCUT2D eigenvalue weighted by Gasteiger charge is 2.12. The molecule has 0 saturated carbocycles. The summed E-state index contributed by atoms with van der Waals surface area (Å²) < 4.78 is 10.2. The zero-order chi connectivity index (χ0) is 18.5. The molecular formula is C18H12ClN2O5-. The standard InChI is InChI=1S/C18H13ClN2O5/c19-12-3-1-11(2-4-12)17-21-15(18(24)26-17)9-20-13-5-7-14(8-6-13)25-10-16(22)23/h1-9,24H,10H2,(H,22,23)/p-1. The number of carboxylic acids is 1. The first-order chi connectivity index (χ1) is 12.5. The lowest BCUT2D eigenvalue weighted by molar-refractivity contribution is -0.307. The smallest absolute Gasteiger partial charge is 0.312 e. The van der Waals surface area contributed by atoms with Gasteiger partial charge in [-0.3, -0.25) is 4.99 Å². The van der Waals surface area contributed by atoms with Crippen LogP contribution >= 0.6 is 11.6 Å². The van der Waals surface area contributed by atoms with Crippen molar-refractivity contribution in [3.05, 3.63) is 59.2 Å². The van der Waals surface area contributed by atoms with E-state index in [0.29, 0.717) is 22.0 Å². The SMILES string of the molecule is O=C([O-])COc1ccc(N=Cc2nc(-c3ccc(Cl)cc3)oc2O)cc1. The average Bonchev–Trinajstić information content (AvgIpc) is 3.00. The number of carbonyl (C=O) groups is 1. The van der Waals surface area contributed by atoms with Crippen molar-refractivity contribution in [2.45, 2.75) is 0 Å². The van der Waals surface area contributed by atoms with Crippen LogP contribution in [0.1, 0.15) is 5.69 Å². The number of aromatic hydroxyl groups is 1. The molecule has 0 unspecified atom stereocenters. The van der Waals surface area contributed by atoms with E-state index in [2.05, 4.69) is 9.98 Å². The Bertz CT molecular complexity index is 933. The van der Waals surface area contributed by atoms with Crippen LogP contribution in [0.2, 0.25) is 5.02 Å². The predicted octanol–water partition coefficient (Wildman–Crippen LogP) is 2.58. The van der Waals surface area contributed by atoms with E-state index in [-0.39, 0.29) is 17.5 Å². The fourth-order valence-corrected chi connectivity index (χ4v) is 2.16. The third-order valence-electron chi connectivity index (χ3n) is 3.25. The van der Waals surface area contributed by atoms with E-state index < -0.39 is 12.6 Å². The van der Waals surface area contributed by atoms with E-state index in [1.54, 1.807) is 48.5 Å². The minimum Gasteiger partial charge on any atom is -0.546 e. The summed E-state index contributed by atoms with van der Waals surface area (Å²) in [6, 6.07) is 13.2. The van der Waals surface area contributed by atoms with Gasteiger partial charge in [-0.2, -0.15) is 0 Å². The van der Waals surface area contributed by atoms with Gasteiger partial charge in [-0.05, 0) is 48.5 Å². The molecule has 0 aliphatic heterocycles. The summed E-state index contributed by atoms with van der Waals surface area (Å²) in [4.78, 5) is 18.7. The van der Waals surface area contributed by atoms with Crippen LogP contribution in [0.4, 0.5) is 5.69 Å². The van der Waals surface area contributed by atoms with Gasteiger partial charge in [-0.25, -0.2) is 4.98 Å². The summed E-state index contributed by atoms with van der Waals surface area (Å²) in [5.74, 6) is -1.04. The summed E-state index contributed by atoms with van der Waals surface area (Å²) in [6.07, 6.45) is 1.36. The molecule has 0 aliphatic rings. The maximum Gasteiger partial charge on any atom is 0.312 e. The molecule has 0 spiro atoms. The molecule has 8 heteroatoms. The molecule has 3 rings (SSSR count). The number of ether oxygens (including phenoxy) is 1. The maximum atomic E-state index is 10.3. The number of carboxylic acid groups (broad SMARTS) is 1. The van der Waals surface area contributed by atoms with Gasteiger partial charge < -0.3 is 24.2 Å². The van der Waals surface area contributed by atoms with Gasteiger partial charge in [0.1, 0.15) is 12.4 Å². The van der Waals surface area contributed by atoms with E-state index in [1.807, 2.05) is 0 Å². The van der Waals surface area contributed by atoms with Crippen LogP contribution in [0, 0.1) is 0 Å². The molecule has 3 aromatic rings. The molecule has 132 valence electrons. The molecule has 0 bridgehead atoms. The van der Waals surface area contributed by atoms with Crippen LogP contribution in [0.25, 0.3) is 11.5 Å². The fraction of sp³-hybridized carbons (Fsp3) is 0.0556. The van der Waals surface area contributed by atoms with Gasteiger partial charge in [0, 0.05) is 10.6 Å². The van der Waals surface area contributed by atoms with E-state index in [1.165, 1.54) is 6.21 Å². The van der Waals surface area contributed by atoms with Crippen molar-refractivity contribution in [1.82, 2.24) is 4.98 Å². The summed E-state index contributed by atoms with van der Waals surface area (Å²) in [7, 11) is 0. The Kier molecular flexibility index (Phi) is 5.19. The summed E-state index contributed by atoms with van der Waals surface area (Å²) in [6.45, 7) is -0.525. The van der Waals surface area contributed by atoms with Gasteiger partial charge in [-0.1, -0.05) is 11.6 Å². The minimum atomic E-state index is -1.30. The lowest BCUT2D eigenvalue weighted by Gasteiger charge is -2.06. The molecule has 7 nitrogen and oxygen atoms in total. The number of halogens is 1. The number of benzene rings is 2. The topological polar surface area (TPSA) is 108 Å². The normalized spacial score (nSPS) is 11.0. The number of nitrogens with zero attached hydrogens (tertiary/aromatic N) is 2. The molecule has 0 fully saturated rings. The number of aliphatic imine (C=N–C) groups is 1. The number of hydrogen-bond donors (Lipinski definition) is 1. The molecule has 0 aliphatic carbocycles. The fourth-order valence-electron chi connectivity index (χ4n) is 2.03. The molecule has 1 aromatic heterocycles. The second-order valence-electron chi connectivity index (χ2n) is 5.13. The zero-order valence-corrected chi connectivity index (χ0v) is 14.0. The molecule has 2 aromatic carbocycles. The average molecular weight is 372 g/mol. The van der Waals surface area contributed by atoms with Gasteiger partial charge >= 0.3 is 5.95 Å². The van der Waals surface area contributed by atoms with Gasteiger partial charge in [0.15, 0.2) is 5.69 Å². The van der Waals surface area contributed by atoms with Crippen molar-refractivity contribution in [2.24, 2.45) is 4.99 Å². The quantitative estimate of drug-likeness (QED) is 0.667. The van der Waals surface area contributed by atoms with Gasteiger partial charge in [0.05, 0.1) is 17.9 Å². The third kappa shape index (κ3) is 4.40. The molecular weight excluding hydrogens is 360 g/mol. The van der Waals surface area contributed by atoms with Crippen LogP contribution in [-0.4, -0.2) is 28.9 Å². The second kappa shape index (κ2) is 7.71. The Hall–Kier alpha value is -3.32. The summed E-state index contributed by atoms with van der Waals surface area (Å²) >= 11 is 5.84. The summed E-state index contributed by atoms with van der Waals surface area (Å²) in [5, 5.41) is 20.8. The molecule has 26 heavy (non-hydrogen) atoms. The Morgan fingerprint density at radius 2 is 1.92 bits per heavy atom. The van der Waals surface area contributed by atoms with Crippen LogP contribution in [0.5, 0.6) is 11.7 Å². The second-order valence-corrected chi connectivity index (χ2v) is 5.57. The van der Waals surface area contributed by atoms with Crippen molar-refractivity contribution in [2.75, 3.05) is 6.61 Å². The van der Waals surface area contributed by atoms with Crippen LogP contribution in [0.3, 0.4) is 0 Å². The number of aromatic nitrogens is 1. The van der Waals surface area contributed by atoms with E-state index >= 15 is 0 Å². The first-order valence-corrected chi connectivity index (χ1v) is 7.81. The molecule has 0 saturated heterocycles. The van der Waals surface area contributed by atoms with Crippen molar-refractivity contribution in [3.8, 4) is 23.1 Å². The predicted molar refractivity (Wildman–Crippen MR) is 92.8 cm³/mol. The van der Waals surface area contributed by atoms with E-state index in [0.717, 1.165) is 0 Å². The zero-order valence-electron chi connectivity index (χ0n) is 13.3. The number of aliphatic carboxylic acids is 1. The minimum absolute atomic E-state index is 0.173. The van der Waals surface area contributed by atoms with E-state index in [4.69, 9.17) is 20.8 Å². The van der Waals surface area contributed by atoms with E-state index in [9.17, 15) is 15.0 Å². The van der Waals surface area contributed by atoms with Crippen LogP contribution < -0.4 is 9.84 Å². The van der Waals surface area contributed by atoms with Crippen molar-refractivity contribution in [3.63, 3.8) is 0 Å². The number of hydrogen-bond acceptors (Lipinski definition) is 7. The molecule has 0 amide bonds. The first kappa shape index (κ1) is 17.5. The van der Waals surface area contributed by atoms with Gasteiger partial charge in [0.2, 0.25) is 5.89 Å². The van der Waals surface area contributed by atoms with Gasteiger partial charge in [0.25, 0.3) is 0 Å². The van der Waals surface area contributed by atoms with Crippen molar-refractivity contribution >= 4 is 29.5 Å². The Balaban J connectivity index is 1.72. The lowest BCUT2D eigenvalue weighted by atomic mass is 10.2. The van der Waals surface area contributed by atoms with Gasteiger partial charge in [-0.15, -0.1) is 0 Å². The highest BCUT2D eigenvalue weighted by atomic mass is 35.5. The monoisotopic (exact) mass is 371 g/mol. The van der Waals surface area contributed by atoms with Crippen molar-refractivity contribution in [1.29, 1.82) is 0 Å². The largest absolute Gasteiger partial charge is 0.546 e. The molecule has 1 heterocycles. The first-order valence-electron chi connectivity index (χ1n) is 7.44. The lowest BCUT2D eigenvalue weighted by Crippen LogP contribution is -2.28. The Morgan fingerprint density at radius 3 is 2.58 bits per heavy atom. The number of oxazole rings is 1. The number of carbonyl (C=O) groups excluding carboxylic acids is 1. The third-order valence-corrected chi connectivity index (χ3v) is 3.51. The van der Waals surface area contributed by atoms with Crippen LogP contribution in [0.15, 0.2) is 57.9 Å². The molecule has 0 radical (unpaired) electrons. The van der Waals surface area contributed by atoms with Crippen molar-refractivity contribution < 1.29 is 24.2 Å². The maximum absolute atomic E-state index is 10.3. The Morgan fingerprint density at radius 1 is 1.23 bits per heavy atom. The highest BCUT2D eigenvalue weighted by Crippen LogP contribution is 2.27. The van der Waals surface area contributed by atoms with Crippen LogP contribution in [-0.2, 0) is 4.79 Å². The summed E-state index contributed by atoms with van der Waals surface area (Å²) in [5.41, 5.74) is 1.40. The molecule has 1 N–H and O–H groups in total. The Labute approximate surface area is 153 Å². The number of rotatable bonds is 6.